The van der Waals surface area contributed by atoms with Gasteiger partial charge in [-0.25, -0.2) is 25.5 Å². The van der Waals surface area contributed by atoms with Crippen molar-refractivity contribution in [2.75, 3.05) is 14.1 Å². The Morgan fingerprint density at radius 2 is 1.46 bits per heavy atom. The van der Waals surface area contributed by atoms with Crippen LogP contribution >= 0.6 is 0 Å². The van der Waals surface area contributed by atoms with Gasteiger partial charge in [-0.2, -0.15) is 0 Å². The quantitative estimate of drug-likeness (QED) is 0.780. The van der Waals surface area contributed by atoms with Crippen molar-refractivity contribution in [3.05, 3.63) is 65.5 Å². The maximum atomic E-state index is 12.9. The van der Waals surface area contributed by atoms with E-state index in [-0.39, 0.29) is 16.4 Å². The third-order valence-corrected chi connectivity index (χ3v) is 6.72. The van der Waals surface area contributed by atoms with Gasteiger partial charge in [0.25, 0.3) is 0 Å². The van der Waals surface area contributed by atoms with Gasteiger partial charge in [0.1, 0.15) is 5.82 Å². The lowest BCUT2D eigenvalue weighted by Gasteiger charge is -2.12. The molecule has 0 atom stereocenters. The first-order chi connectivity index (χ1) is 11.1. The number of hydrogen-bond donors (Lipinski definition) is 0. The van der Waals surface area contributed by atoms with Crippen LogP contribution in [0.4, 0.5) is 4.39 Å². The number of halogens is 1. The second-order valence-electron chi connectivity index (χ2n) is 5.59. The van der Waals surface area contributed by atoms with Crippen molar-refractivity contribution in [2.45, 2.75) is 16.4 Å². The molecule has 0 spiro atoms. The number of benzene rings is 2. The molecule has 130 valence electrons. The fraction of sp³-hybridized carbons (Fsp3) is 0.250. The molecule has 0 fully saturated rings. The van der Waals surface area contributed by atoms with Crippen molar-refractivity contribution in [1.29, 1.82) is 0 Å². The van der Waals surface area contributed by atoms with E-state index in [1.165, 1.54) is 56.6 Å². The Morgan fingerprint density at radius 1 is 0.875 bits per heavy atom. The van der Waals surface area contributed by atoms with Gasteiger partial charge < -0.3 is 0 Å². The minimum atomic E-state index is -3.62. The Labute approximate surface area is 141 Å². The lowest BCUT2D eigenvalue weighted by Crippen LogP contribution is -2.22. The average Bonchev–Trinajstić information content (AvgIpc) is 2.49. The van der Waals surface area contributed by atoms with Crippen LogP contribution in [0.3, 0.4) is 0 Å². The third kappa shape index (κ3) is 4.62. The molecule has 0 saturated carbocycles. The molecule has 0 N–H and O–H groups in total. The molecular formula is C16H18FNO4S2. The summed E-state index contributed by atoms with van der Waals surface area (Å²) in [5, 5.41) is 0. The Kier molecular flexibility index (Phi) is 5.42. The van der Waals surface area contributed by atoms with Gasteiger partial charge >= 0.3 is 0 Å². The van der Waals surface area contributed by atoms with Gasteiger partial charge in [-0.15, -0.1) is 0 Å². The number of hydrogen-bond acceptors (Lipinski definition) is 4. The zero-order valence-electron chi connectivity index (χ0n) is 13.3. The normalized spacial score (nSPS) is 12.5. The standard InChI is InChI=1S/C16H18FNO4S2/c1-18(2)24(21,22)16-5-3-4-14(10-16)12-23(19,20)11-13-6-8-15(17)9-7-13/h3-10H,11-12H2,1-2H3. The summed E-state index contributed by atoms with van der Waals surface area (Å²) in [4.78, 5) is 0.0435. The van der Waals surface area contributed by atoms with Crippen molar-refractivity contribution in [3.63, 3.8) is 0 Å². The minimum Gasteiger partial charge on any atom is -0.228 e. The van der Waals surface area contributed by atoms with Crippen LogP contribution in [0.2, 0.25) is 0 Å². The van der Waals surface area contributed by atoms with Crippen LogP contribution < -0.4 is 0 Å². The first kappa shape index (κ1) is 18.6. The second kappa shape index (κ2) is 7.00. The molecule has 0 aliphatic carbocycles. The molecule has 0 aliphatic rings. The summed E-state index contributed by atoms with van der Waals surface area (Å²) in [6.07, 6.45) is 0. The smallest absolute Gasteiger partial charge is 0.228 e. The molecular weight excluding hydrogens is 353 g/mol. The van der Waals surface area contributed by atoms with Crippen LogP contribution in [0.25, 0.3) is 0 Å². The van der Waals surface area contributed by atoms with Crippen molar-refractivity contribution in [3.8, 4) is 0 Å². The number of sulfone groups is 1. The fourth-order valence-electron chi connectivity index (χ4n) is 2.15. The van der Waals surface area contributed by atoms with Crippen LogP contribution in [0.1, 0.15) is 11.1 Å². The average molecular weight is 371 g/mol. The molecule has 2 rings (SSSR count). The van der Waals surface area contributed by atoms with E-state index in [9.17, 15) is 21.2 Å². The summed E-state index contributed by atoms with van der Waals surface area (Å²) in [5.41, 5.74) is 0.869. The van der Waals surface area contributed by atoms with Gasteiger partial charge in [0.15, 0.2) is 9.84 Å². The van der Waals surface area contributed by atoms with Crippen LogP contribution in [-0.2, 0) is 31.4 Å². The SMILES string of the molecule is CN(C)S(=O)(=O)c1cccc(CS(=O)(=O)Cc2ccc(F)cc2)c1. The third-order valence-electron chi connectivity index (χ3n) is 3.36. The lowest BCUT2D eigenvalue weighted by molar-refractivity contribution is 0.520. The Morgan fingerprint density at radius 3 is 2.04 bits per heavy atom. The van der Waals surface area contributed by atoms with Crippen molar-refractivity contribution < 1.29 is 21.2 Å². The highest BCUT2D eigenvalue weighted by atomic mass is 32.2. The first-order valence-corrected chi connectivity index (χ1v) is 10.3. The Balaban J connectivity index is 2.22. The van der Waals surface area contributed by atoms with Crippen LogP contribution in [0.15, 0.2) is 53.4 Å². The molecule has 0 unspecified atom stereocenters. The fourth-order valence-corrected chi connectivity index (χ4v) is 4.61. The molecule has 0 aromatic heterocycles. The highest BCUT2D eigenvalue weighted by molar-refractivity contribution is 7.90. The molecule has 0 saturated heterocycles. The molecule has 5 nitrogen and oxygen atoms in total. The summed E-state index contributed by atoms with van der Waals surface area (Å²) < 4.78 is 62.8. The van der Waals surface area contributed by atoms with E-state index in [0.717, 1.165) is 4.31 Å². The van der Waals surface area contributed by atoms with Gasteiger partial charge in [-0.05, 0) is 35.4 Å². The van der Waals surface area contributed by atoms with Crippen molar-refractivity contribution in [2.24, 2.45) is 0 Å². The van der Waals surface area contributed by atoms with Crippen molar-refractivity contribution in [1.82, 2.24) is 4.31 Å². The molecule has 0 amide bonds. The summed E-state index contributed by atoms with van der Waals surface area (Å²) in [5.74, 6) is -0.961. The Bertz CT molecular complexity index is 921. The molecule has 0 aliphatic heterocycles. The molecule has 24 heavy (non-hydrogen) atoms. The molecule has 2 aromatic rings. The minimum absolute atomic E-state index is 0.0435. The van der Waals surface area contributed by atoms with E-state index < -0.39 is 25.7 Å². The number of rotatable bonds is 6. The van der Waals surface area contributed by atoms with Crippen LogP contribution in [-0.4, -0.2) is 35.2 Å². The van der Waals surface area contributed by atoms with Crippen molar-refractivity contribution >= 4 is 19.9 Å². The predicted octanol–water partition coefficient (Wildman–Crippen LogP) is 2.19. The zero-order valence-corrected chi connectivity index (χ0v) is 14.9. The zero-order chi connectivity index (χ0) is 18.0. The van der Waals surface area contributed by atoms with E-state index >= 15 is 0 Å². The number of sulfonamides is 1. The molecule has 0 bridgehead atoms. The maximum Gasteiger partial charge on any atom is 0.242 e. The summed E-state index contributed by atoms with van der Waals surface area (Å²) in [6, 6.07) is 11.1. The topological polar surface area (TPSA) is 71.5 Å². The van der Waals surface area contributed by atoms with E-state index in [2.05, 4.69) is 0 Å². The molecule has 0 radical (unpaired) electrons. The van der Waals surface area contributed by atoms with E-state index in [1.54, 1.807) is 6.07 Å². The van der Waals surface area contributed by atoms with Gasteiger partial charge in [0.05, 0.1) is 16.4 Å². The van der Waals surface area contributed by atoms with Gasteiger partial charge in [0.2, 0.25) is 10.0 Å². The summed E-state index contributed by atoms with van der Waals surface area (Å²) >= 11 is 0. The van der Waals surface area contributed by atoms with E-state index in [0.29, 0.717) is 11.1 Å². The van der Waals surface area contributed by atoms with Gasteiger partial charge in [0, 0.05) is 14.1 Å². The first-order valence-electron chi connectivity index (χ1n) is 7.06. The highest BCUT2D eigenvalue weighted by Crippen LogP contribution is 2.18. The van der Waals surface area contributed by atoms with Crippen LogP contribution in [0, 0.1) is 5.82 Å². The second-order valence-corrected chi connectivity index (χ2v) is 9.81. The lowest BCUT2D eigenvalue weighted by atomic mass is 10.2. The Hall–Kier alpha value is -1.77. The van der Waals surface area contributed by atoms with Gasteiger partial charge in [-0.3, -0.25) is 0 Å². The number of nitrogens with zero attached hydrogens (tertiary/aromatic N) is 1. The monoisotopic (exact) mass is 371 g/mol. The summed E-state index contributed by atoms with van der Waals surface area (Å²) in [7, 11) is -4.32. The molecule has 8 heteroatoms. The largest absolute Gasteiger partial charge is 0.242 e. The van der Waals surface area contributed by atoms with Crippen LogP contribution in [0.5, 0.6) is 0 Å². The van der Waals surface area contributed by atoms with E-state index in [1.807, 2.05) is 0 Å². The van der Waals surface area contributed by atoms with E-state index in [4.69, 9.17) is 0 Å². The highest BCUT2D eigenvalue weighted by Gasteiger charge is 2.19. The molecule has 0 heterocycles. The maximum absolute atomic E-state index is 12.9. The molecule has 2 aromatic carbocycles. The summed E-state index contributed by atoms with van der Waals surface area (Å²) in [6.45, 7) is 0. The van der Waals surface area contributed by atoms with Gasteiger partial charge in [-0.1, -0.05) is 24.3 Å². The predicted molar refractivity (Wildman–Crippen MR) is 90.0 cm³/mol.